The predicted molar refractivity (Wildman–Crippen MR) is 151 cm³/mol. The molecule has 1 heterocycles. The van der Waals surface area contributed by atoms with Crippen LogP contribution < -0.4 is 19.8 Å². The first-order valence-corrected chi connectivity index (χ1v) is 13.0. The molecule has 0 aliphatic rings. The summed E-state index contributed by atoms with van der Waals surface area (Å²) in [6.45, 7) is 0.842. The Hall–Kier alpha value is -3.30. The molecule has 0 N–H and O–H groups in total. The van der Waals surface area contributed by atoms with Gasteiger partial charge >= 0.3 is 5.63 Å². The fourth-order valence-electron chi connectivity index (χ4n) is 3.59. The molecule has 0 unspecified atom stereocenters. The summed E-state index contributed by atoms with van der Waals surface area (Å²) in [6.07, 6.45) is 0. The number of hydrogen-bond acceptors (Lipinski definition) is 5. The molecular formula is C29H20BrIO5. The molecule has 7 heteroatoms. The fourth-order valence-corrected chi connectivity index (χ4v) is 4.65. The van der Waals surface area contributed by atoms with Gasteiger partial charge in [0.15, 0.2) is 5.58 Å². The molecule has 0 saturated heterocycles. The lowest BCUT2D eigenvalue weighted by Crippen LogP contribution is -2.02. The highest BCUT2D eigenvalue weighted by Crippen LogP contribution is 2.38. The number of fused-ring (bicyclic) bond motifs is 1. The monoisotopic (exact) mass is 654 g/mol. The predicted octanol–water partition coefficient (Wildman–Crippen LogP) is 8.11. The van der Waals surface area contributed by atoms with E-state index in [4.69, 9.17) is 18.6 Å². The molecule has 0 aliphatic carbocycles. The Morgan fingerprint density at radius 1 is 0.722 bits per heavy atom. The first kappa shape index (κ1) is 24.4. The summed E-state index contributed by atoms with van der Waals surface area (Å²) in [7, 11) is 0. The molecule has 0 spiro atoms. The maximum absolute atomic E-state index is 12.4. The lowest BCUT2D eigenvalue weighted by Gasteiger charge is -2.14. The fraction of sp³-hybridized carbons (Fsp3) is 0.0690. The average Bonchev–Trinajstić information content (AvgIpc) is 2.90. The largest absolute Gasteiger partial charge is 0.489 e. The molecule has 180 valence electrons. The number of benzene rings is 4. The highest BCUT2D eigenvalue weighted by molar-refractivity contribution is 14.1. The van der Waals surface area contributed by atoms with E-state index in [1.54, 1.807) is 6.07 Å². The standard InChI is InChI=1S/C29H20BrIO5/c30-23-13-11-21(33-17-19-7-3-1-4-8-19)15-26(23)35-25-16-27(32)36-29-22(25)12-14-24(28(29)31)34-18-20-9-5-2-6-10-20/h1-16H,17-18H2. The summed E-state index contributed by atoms with van der Waals surface area (Å²) in [5.74, 6) is 2.18. The summed E-state index contributed by atoms with van der Waals surface area (Å²) in [6, 6.07) is 30.3. The molecule has 0 aliphatic heterocycles. The molecule has 5 aromatic rings. The summed E-state index contributed by atoms with van der Waals surface area (Å²) in [4.78, 5) is 12.4. The van der Waals surface area contributed by atoms with E-state index in [2.05, 4.69) is 38.5 Å². The van der Waals surface area contributed by atoms with Crippen LogP contribution in [0.3, 0.4) is 0 Å². The lowest BCUT2D eigenvalue weighted by molar-refractivity contribution is 0.304. The number of ether oxygens (including phenoxy) is 3. The molecule has 0 atom stereocenters. The highest BCUT2D eigenvalue weighted by atomic mass is 127. The van der Waals surface area contributed by atoms with E-state index in [-0.39, 0.29) is 0 Å². The van der Waals surface area contributed by atoms with Crippen molar-refractivity contribution < 1.29 is 18.6 Å². The van der Waals surface area contributed by atoms with Gasteiger partial charge in [0.1, 0.15) is 36.2 Å². The first-order valence-electron chi connectivity index (χ1n) is 11.1. The van der Waals surface area contributed by atoms with Gasteiger partial charge < -0.3 is 18.6 Å². The van der Waals surface area contributed by atoms with Crippen molar-refractivity contribution in [3.8, 4) is 23.0 Å². The summed E-state index contributed by atoms with van der Waals surface area (Å²) in [5.41, 5.74) is 2.01. The van der Waals surface area contributed by atoms with Crippen molar-refractivity contribution in [2.75, 3.05) is 0 Å². The molecular weight excluding hydrogens is 635 g/mol. The van der Waals surface area contributed by atoms with Crippen molar-refractivity contribution in [3.63, 3.8) is 0 Å². The van der Waals surface area contributed by atoms with Gasteiger partial charge in [0.05, 0.1) is 19.5 Å². The molecule has 36 heavy (non-hydrogen) atoms. The Labute approximate surface area is 229 Å². The van der Waals surface area contributed by atoms with E-state index in [1.807, 2.05) is 84.9 Å². The second-order valence-corrected chi connectivity index (χ2v) is 9.86. The SMILES string of the molecule is O=c1cc(Oc2cc(OCc3ccccc3)ccc2Br)c2ccc(OCc3ccccc3)c(I)c2o1. The van der Waals surface area contributed by atoms with Crippen LogP contribution in [0.2, 0.25) is 0 Å². The van der Waals surface area contributed by atoms with Crippen LogP contribution in [0.25, 0.3) is 11.0 Å². The minimum atomic E-state index is -0.511. The van der Waals surface area contributed by atoms with Crippen LogP contribution in [-0.4, -0.2) is 0 Å². The van der Waals surface area contributed by atoms with E-state index in [0.717, 1.165) is 15.6 Å². The quantitative estimate of drug-likeness (QED) is 0.125. The van der Waals surface area contributed by atoms with Crippen LogP contribution in [-0.2, 0) is 13.2 Å². The van der Waals surface area contributed by atoms with Crippen LogP contribution in [0.5, 0.6) is 23.0 Å². The zero-order valence-corrected chi connectivity index (χ0v) is 22.7. The highest BCUT2D eigenvalue weighted by Gasteiger charge is 2.16. The molecule has 4 aromatic carbocycles. The molecule has 0 radical (unpaired) electrons. The second kappa shape index (κ2) is 11.2. The topological polar surface area (TPSA) is 57.9 Å². The van der Waals surface area contributed by atoms with Gasteiger partial charge in [-0.15, -0.1) is 0 Å². The molecule has 1 aromatic heterocycles. The van der Waals surface area contributed by atoms with Crippen LogP contribution in [0.1, 0.15) is 11.1 Å². The van der Waals surface area contributed by atoms with Gasteiger partial charge in [0.2, 0.25) is 0 Å². The van der Waals surface area contributed by atoms with Gasteiger partial charge in [-0.25, -0.2) is 4.79 Å². The van der Waals surface area contributed by atoms with E-state index < -0.39 is 5.63 Å². The van der Waals surface area contributed by atoms with E-state index in [1.165, 1.54) is 6.07 Å². The van der Waals surface area contributed by atoms with Gasteiger partial charge in [-0.2, -0.15) is 0 Å². The van der Waals surface area contributed by atoms with Crippen molar-refractivity contribution in [3.05, 3.63) is 127 Å². The Kier molecular flexibility index (Phi) is 7.58. The lowest BCUT2D eigenvalue weighted by atomic mass is 10.2. The van der Waals surface area contributed by atoms with Crippen molar-refractivity contribution in [2.24, 2.45) is 0 Å². The second-order valence-electron chi connectivity index (χ2n) is 7.93. The van der Waals surface area contributed by atoms with Crippen LogP contribution in [0, 0.1) is 3.57 Å². The van der Waals surface area contributed by atoms with Crippen molar-refractivity contribution >= 4 is 49.5 Å². The Balaban J connectivity index is 1.41. The van der Waals surface area contributed by atoms with Crippen molar-refractivity contribution in [1.29, 1.82) is 0 Å². The molecule has 0 bridgehead atoms. The maximum atomic E-state index is 12.4. The third-order valence-electron chi connectivity index (χ3n) is 5.39. The van der Waals surface area contributed by atoms with Crippen LogP contribution in [0.15, 0.2) is 111 Å². The number of halogens is 2. The molecule has 0 saturated carbocycles. The normalized spacial score (nSPS) is 10.8. The minimum absolute atomic E-state index is 0.384. The van der Waals surface area contributed by atoms with Gasteiger partial charge in [-0.05, 0) is 73.9 Å². The molecule has 0 fully saturated rings. The molecule has 5 rings (SSSR count). The first-order chi connectivity index (χ1) is 17.6. The Bertz CT molecular complexity index is 1550. The zero-order chi connectivity index (χ0) is 24.9. The van der Waals surface area contributed by atoms with E-state index >= 15 is 0 Å². The summed E-state index contributed by atoms with van der Waals surface area (Å²) < 4.78 is 25.1. The third-order valence-corrected chi connectivity index (χ3v) is 7.06. The van der Waals surface area contributed by atoms with Crippen molar-refractivity contribution in [1.82, 2.24) is 0 Å². The minimum Gasteiger partial charge on any atom is -0.489 e. The summed E-state index contributed by atoms with van der Waals surface area (Å²) in [5, 5.41) is 0.661. The zero-order valence-electron chi connectivity index (χ0n) is 18.9. The van der Waals surface area contributed by atoms with Gasteiger partial charge in [-0.3, -0.25) is 0 Å². The van der Waals surface area contributed by atoms with E-state index in [0.29, 0.717) is 50.8 Å². The Morgan fingerprint density at radius 3 is 2.08 bits per heavy atom. The van der Waals surface area contributed by atoms with Crippen LogP contribution >= 0.6 is 38.5 Å². The average molecular weight is 655 g/mol. The van der Waals surface area contributed by atoms with Crippen LogP contribution in [0.4, 0.5) is 0 Å². The number of rotatable bonds is 8. The van der Waals surface area contributed by atoms with Gasteiger partial charge in [0.25, 0.3) is 0 Å². The van der Waals surface area contributed by atoms with E-state index in [9.17, 15) is 4.79 Å². The third kappa shape index (κ3) is 5.74. The smallest absolute Gasteiger partial charge is 0.340 e. The number of hydrogen-bond donors (Lipinski definition) is 0. The maximum Gasteiger partial charge on any atom is 0.340 e. The van der Waals surface area contributed by atoms with Gasteiger partial charge in [-0.1, -0.05) is 60.7 Å². The summed E-state index contributed by atoms with van der Waals surface area (Å²) >= 11 is 5.66. The molecule has 0 amide bonds. The Morgan fingerprint density at radius 2 is 1.39 bits per heavy atom. The van der Waals surface area contributed by atoms with Gasteiger partial charge in [0, 0.05) is 6.07 Å². The molecule has 5 nitrogen and oxygen atoms in total. The van der Waals surface area contributed by atoms with Crippen molar-refractivity contribution in [2.45, 2.75) is 13.2 Å².